The Bertz CT molecular complexity index is 1140. The number of phenolic OH excluding ortho intramolecular Hbond substituents is 1. The van der Waals surface area contributed by atoms with Gasteiger partial charge in [-0.2, -0.15) is 0 Å². The summed E-state index contributed by atoms with van der Waals surface area (Å²) in [5.74, 6) is -0.810. The van der Waals surface area contributed by atoms with Gasteiger partial charge in [0.2, 0.25) is 0 Å². The predicted molar refractivity (Wildman–Crippen MR) is 134 cm³/mol. The number of carbonyl (C=O) groups excluding carboxylic acids is 3. The van der Waals surface area contributed by atoms with Crippen LogP contribution in [-0.2, 0) is 3.07 Å². The summed E-state index contributed by atoms with van der Waals surface area (Å²) in [5.41, 5.74) is 0.591. The molecular weight excluding hydrogens is 535 g/mol. The molecule has 1 unspecified atom stereocenters. The van der Waals surface area contributed by atoms with Crippen molar-refractivity contribution in [2.24, 2.45) is 0 Å². The van der Waals surface area contributed by atoms with Gasteiger partial charge in [-0.05, 0) is 0 Å². The third kappa shape index (κ3) is 5.48. The first-order valence-corrected chi connectivity index (χ1v) is 13.5. The Morgan fingerprint density at radius 2 is 1.52 bits per heavy atom. The van der Waals surface area contributed by atoms with Crippen molar-refractivity contribution in [3.63, 3.8) is 0 Å². The predicted octanol–water partition coefficient (Wildman–Crippen LogP) is 5.37. The molecule has 172 valence electrons. The average Bonchev–Trinajstić information content (AvgIpc) is 2.86. The Kier molecular flexibility index (Phi) is 8.35. The van der Waals surface area contributed by atoms with Gasteiger partial charge < -0.3 is 0 Å². The van der Waals surface area contributed by atoms with Crippen molar-refractivity contribution in [3.05, 3.63) is 93.1 Å². The molecule has 1 atom stereocenters. The van der Waals surface area contributed by atoms with Gasteiger partial charge in [0.25, 0.3) is 0 Å². The van der Waals surface area contributed by atoms with Gasteiger partial charge >= 0.3 is 201 Å². The summed E-state index contributed by atoms with van der Waals surface area (Å²) in [5, 5.41) is 10.5. The van der Waals surface area contributed by atoms with Gasteiger partial charge in [0.15, 0.2) is 0 Å². The minimum absolute atomic E-state index is 0.0588. The van der Waals surface area contributed by atoms with Crippen molar-refractivity contribution >= 4 is 37.6 Å². The van der Waals surface area contributed by atoms with E-state index in [2.05, 4.69) is 0 Å². The number of phenols is 1. The quantitative estimate of drug-likeness (QED) is 0.155. The third-order valence-corrected chi connectivity index (χ3v) is 10.2. The van der Waals surface area contributed by atoms with Crippen LogP contribution in [0.25, 0.3) is 0 Å². The monoisotopic (exact) mass is 560 g/mol. The second-order valence-corrected chi connectivity index (χ2v) is 12.0. The van der Waals surface area contributed by atoms with Gasteiger partial charge in [0.1, 0.15) is 0 Å². The summed E-state index contributed by atoms with van der Waals surface area (Å²) in [6, 6.07) is 19.9. The number of halogens is 1. The van der Waals surface area contributed by atoms with Crippen LogP contribution in [0.4, 0.5) is 0 Å². The number of carbonyl (C=O) groups is 3. The molecule has 0 aliphatic rings. The Labute approximate surface area is 200 Å². The van der Waals surface area contributed by atoms with Crippen LogP contribution in [0.2, 0.25) is 0 Å². The molecule has 3 rings (SSSR count). The van der Waals surface area contributed by atoms with Crippen LogP contribution >= 0.6 is 20.2 Å². The summed E-state index contributed by atoms with van der Waals surface area (Å²) in [4.78, 5) is 39.7. The van der Waals surface area contributed by atoms with E-state index in [9.17, 15) is 19.5 Å². The number of hydrogen-bond acceptors (Lipinski definition) is 6. The van der Waals surface area contributed by atoms with Crippen molar-refractivity contribution in [1.82, 2.24) is 0 Å². The molecule has 0 amide bonds. The molecule has 3 aromatic carbocycles. The first-order chi connectivity index (χ1) is 15.9. The molecule has 1 N–H and O–H groups in total. The number of aromatic hydroxyl groups is 1. The third-order valence-electron chi connectivity index (χ3n) is 5.05. The van der Waals surface area contributed by atoms with E-state index in [1.807, 2.05) is 30.3 Å². The summed E-state index contributed by atoms with van der Waals surface area (Å²) >= 11 is -2.88. The summed E-state index contributed by atoms with van der Waals surface area (Å²) in [6.45, 7) is 1.72. The molecular formula is C26H25IO6. The van der Waals surface area contributed by atoms with Gasteiger partial charge in [0, 0.05) is 0 Å². The number of benzene rings is 3. The second-order valence-electron chi connectivity index (χ2n) is 7.05. The van der Waals surface area contributed by atoms with Crippen LogP contribution in [0.3, 0.4) is 0 Å². The molecule has 3 aromatic rings. The van der Waals surface area contributed by atoms with Gasteiger partial charge in [-0.25, -0.2) is 0 Å². The Balaban J connectivity index is 2.12. The molecule has 7 heteroatoms. The van der Waals surface area contributed by atoms with Crippen molar-refractivity contribution < 1.29 is 27.3 Å². The van der Waals surface area contributed by atoms with Crippen molar-refractivity contribution in [2.75, 3.05) is 14.2 Å². The van der Waals surface area contributed by atoms with Crippen molar-refractivity contribution in [1.29, 1.82) is 0 Å². The average molecular weight is 560 g/mol. The number of methoxy groups -OCH3 is 1. The van der Waals surface area contributed by atoms with E-state index in [1.165, 1.54) is 32.4 Å². The van der Waals surface area contributed by atoms with Gasteiger partial charge in [0.05, 0.1) is 0 Å². The van der Waals surface area contributed by atoms with Crippen LogP contribution in [0, 0.1) is 3.57 Å². The molecule has 33 heavy (non-hydrogen) atoms. The molecule has 0 spiro atoms. The van der Waals surface area contributed by atoms with E-state index in [0.29, 0.717) is 16.9 Å². The Morgan fingerprint density at radius 1 is 0.879 bits per heavy atom. The Morgan fingerprint density at radius 3 is 2.09 bits per heavy atom. The molecule has 0 bridgehead atoms. The van der Waals surface area contributed by atoms with Gasteiger partial charge in [-0.3, -0.25) is 0 Å². The molecule has 0 saturated heterocycles. The van der Waals surface area contributed by atoms with E-state index in [1.54, 1.807) is 31.2 Å². The van der Waals surface area contributed by atoms with E-state index in [-0.39, 0.29) is 23.5 Å². The van der Waals surface area contributed by atoms with Crippen LogP contribution in [0.1, 0.15) is 44.4 Å². The maximum absolute atomic E-state index is 13.8. The molecule has 0 aliphatic heterocycles. The number of alkyl halides is 1. The summed E-state index contributed by atoms with van der Waals surface area (Å²) < 4.78 is 10.6. The van der Waals surface area contributed by atoms with Crippen LogP contribution in [-0.4, -0.2) is 40.6 Å². The van der Waals surface area contributed by atoms with E-state index in [4.69, 9.17) is 7.80 Å². The number of Topliss-reactive ketones (excluding diaryl/α,β-unsaturated/α-hetero) is 3. The molecule has 0 fully saturated rings. The molecule has 0 radical (unpaired) electrons. The zero-order valence-corrected chi connectivity index (χ0v) is 20.7. The summed E-state index contributed by atoms with van der Waals surface area (Å²) in [7, 11) is 3.02. The van der Waals surface area contributed by atoms with Crippen LogP contribution in [0.15, 0.2) is 72.8 Å². The number of ketones is 3. The number of hydrogen-bond donors (Lipinski definition) is 1. The van der Waals surface area contributed by atoms with E-state index < -0.39 is 35.7 Å². The zero-order valence-electron chi connectivity index (χ0n) is 18.6. The van der Waals surface area contributed by atoms with E-state index in [0.717, 1.165) is 3.57 Å². The fourth-order valence-corrected chi connectivity index (χ4v) is 7.87. The Hall–Kier alpha value is -3.04. The van der Waals surface area contributed by atoms with Crippen LogP contribution in [0.5, 0.6) is 11.5 Å². The number of ether oxygens (including phenoxy) is 1. The SMILES string of the molecule is CCC(=O)c1ccc(O)c(C(=O)C(C(=O)c2ccc(OC)cc2)I(OC)c2ccccc2)c1. The fourth-order valence-electron chi connectivity index (χ4n) is 3.29. The van der Waals surface area contributed by atoms with Gasteiger partial charge in [-0.1, -0.05) is 0 Å². The zero-order chi connectivity index (χ0) is 24.0. The molecule has 0 aromatic heterocycles. The normalized spacial score (nSPS) is 12.0. The summed E-state index contributed by atoms with van der Waals surface area (Å²) in [6.07, 6.45) is 0.257. The first-order valence-electron chi connectivity index (χ1n) is 10.3. The van der Waals surface area contributed by atoms with Crippen LogP contribution < -0.4 is 4.74 Å². The molecule has 0 saturated carbocycles. The molecule has 0 heterocycles. The minimum atomic E-state index is -2.88. The standard InChI is InChI=1S/C26H25IO6/c1-4-22(28)18-12-15-23(29)21(16-18)26(31)24(27(33-3)19-8-6-5-7-9-19)25(30)17-10-13-20(32-2)14-11-17/h5-16,24,29H,4H2,1-3H3. The molecule has 0 aliphatic carbocycles. The van der Waals surface area contributed by atoms with E-state index >= 15 is 0 Å². The van der Waals surface area contributed by atoms with Gasteiger partial charge in [-0.15, -0.1) is 0 Å². The van der Waals surface area contributed by atoms with Crippen molar-refractivity contribution in [2.45, 2.75) is 17.3 Å². The number of rotatable bonds is 10. The molecule has 6 nitrogen and oxygen atoms in total. The maximum atomic E-state index is 13.8. The second kappa shape index (κ2) is 11.2. The topological polar surface area (TPSA) is 89.9 Å². The van der Waals surface area contributed by atoms with Crippen molar-refractivity contribution in [3.8, 4) is 11.5 Å². The first kappa shape index (κ1) is 24.6. The fraction of sp³-hybridized carbons (Fsp3) is 0.192.